The number of hydrogen-bond acceptors (Lipinski definition) is 2. The lowest BCUT2D eigenvalue weighted by molar-refractivity contribution is -0.138. The zero-order valence-electron chi connectivity index (χ0n) is 11.1. The third-order valence-electron chi connectivity index (χ3n) is 3.68. The first-order valence-electron chi connectivity index (χ1n) is 6.52. The molecule has 2 rings (SSSR count). The molecule has 1 aromatic rings. The van der Waals surface area contributed by atoms with E-state index in [-0.39, 0.29) is 18.2 Å². The van der Waals surface area contributed by atoms with Gasteiger partial charge in [-0.2, -0.15) is 24.9 Å². The van der Waals surface area contributed by atoms with E-state index in [4.69, 9.17) is 0 Å². The zero-order chi connectivity index (χ0) is 14.8. The number of alkyl halides is 3. The van der Waals surface area contributed by atoms with Crippen LogP contribution in [0.1, 0.15) is 30.4 Å². The number of halogens is 4. The first-order chi connectivity index (χ1) is 9.40. The average molecular weight is 307 g/mol. The van der Waals surface area contributed by atoms with Crippen molar-refractivity contribution in [1.29, 1.82) is 0 Å². The lowest BCUT2D eigenvalue weighted by atomic mass is 10.1. The molecule has 1 nitrogen and oxygen atoms in total. The van der Waals surface area contributed by atoms with Gasteiger partial charge in [-0.1, -0.05) is 6.07 Å². The summed E-state index contributed by atoms with van der Waals surface area (Å²) < 4.78 is 51.5. The van der Waals surface area contributed by atoms with E-state index in [0.717, 1.165) is 25.3 Å². The van der Waals surface area contributed by atoms with E-state index in [1.807, 2.05) is 0 Å². The summed E-state index contributed by atoms with van der Waals surface area (Å²) in [6, 6.07) is 3.10. The molecule has 1 fully saturated rings. The first-order valence-corrected chi connectivity index (χ1v) is 7.80. The predicted octanol–water partition coefficient (Wildman–Crippen LogP) is 4.22. The van der Waals surface area contributed by atoms with Crippen molar-refractivity contribution in [3.05, 3.63) is 35.1 Å². The molecule has 0 aliphatic heterocycles. The highest BCUT2D eigenvalue weighted by molar-refractivity contribution is 7.99. The number of thioether (sulfide) groups is 1. The van der Waals surface area contributed by atoms with Gasteiger partial charge in [0, 0.05) is 17.8 Å². The summed E-state index contributed by atoms with van der Waals surface area (Å²) in [4.78, 5) is 0. The van der Waals surface area contributed by atoms with Gasteiger partial charge in [0.25, 0.3) is 0 Å². The fraction of sp³-hybridized carbons (Fsp3) is 0.571. The van der Waals surface area contributed by atoms with Crippen LogP contribution in [-0.2, 0) is 12.7 Å². The normalized spacial score (nSPS) is 23.2. The fourth-order valence-corrected chi connectivity index (χ4v) is 3.36. The van der Waals surface area contributed by atoms with Gasteiger partial charge in [0.1, 0.15) is 5.82 Å². The minimum Gasteiger partial charge on any atom is -0.310 e. The fourth-order valence-electron chi connectivity index (χ4n) is 2.56. The minimum absolute atomic E-state index is 0.103. The molecule has 112 valence electrons. The molecule has 1 aliphatic rings. The third-order valence-corrected chi connectivity index (χ3v) is 4.77. The highest BCUT2D eigenvalue weighted by Gasteiger charge is 2.34. The number of hydrogen-bond donors (Lipinski definition) is 1. The maximum absolute atomic E-state index is 13.0. The van der Waals surface area contributed by atoms with Crippen LogP contribution in [0.2, 0.25) is 0 Å². The maximum atomic E-state index is 13.0. The van der Waals surface area contributed by atoms with E-state index in [1.54, 1.807) is 11.8 Å². The molecular weight excluding hydrogens is 290 g/mol. The molecule has 0 aromatic heterocycles. The Morgan fingerprint density at radius 3 is 2.65 bits per heavy atom. The predicted molar refractivity (Wildman–Crippen MR) is 73.2 cm³/mol. The molecule has 2 atom stereocenters. The van der Waals surface area contributed by atoms with Crippen molar-refractivity contribution in [2.45, 2.75) is 43.3 Å². The Kier molecular flexibility index (Phi) is 4.96. The van der Waals surface area contributed by atoms with Gasteiger partial charge in [-0.25, -0.2) is 4.39 Å². The van der Waals surface area contributed by atoms with Gasteiger partial charge in [-0.15, -0.1) is 0 Å². The summed E-state index contributed by atoms with van der Waals surface area (Å²) in [7, 11) is 0. The zero-order valence-corrected chi connectivity index (χ0v) is 12.0. The second-order valence-electron chi connectivity index (χ2n) is 5.05. The Hall–Kier alpha value is -0.750. The summed E-state index contributed by atoms with van der Waals surface area (Å²) in [6.45, 7) is 0.126. The topological polar surface area (TPSA) is 12.0 Å². The SMILES string of the molecule is CSC1CCC(NCc2ccc(F)cc2C(F)(F)F)C1. The highest BCUT2D eigenvalue weighted by Crippen LogP contribution is 2.33. The molecule has 2 unspecified atom stereocenters. The maximum Gasteiger partial charge on any atom is 0.416 e. The Labute approximate surface area is 120 Å². The largest absolute Gasteiger partial charge is 0.416 e. The van der Waals surface area contributed by atoms with Crippen LogP contribution < -0.4 is 5.32 Å². The lowest BCUT2D eigenvalue weighted by Crippen LogP contribution is -2.27. The van der Waals surface area contributed by atoms with Gasteiger partial charge >= 0.3 is 6.18 Å². The van der Waals surface area contributed by atoms with Crippen molar-refractivity contribution < 1.29 is 17.6 Å². The van der Waals surface area contributed by atoms with E-state index in [2.05, 4.69) is 11.6 Å². The van der Waals surface area contributed by atoms with Crippen LogP contribution >= 0.6 is 11.8 Å². The molecule has 1 N–H and O–H groups in total. The molecule has 0 bridgehead atoms. The minimum atomic E-state index is -4.52. The standard InChI is InChI=1S/C14H17F4NS/c1-20-12-5-4-11(7-12)19-8-9-2-3-10(15)6-13(9)14(16,17)18/h2-3,6,11-12,19H,4-5,7-8H2,1H3. The molecule has 20 heavy (non-hydrogen) atoms. The number of rotatable bonds is 4. The van der Waals surface area contributed by atoms with Crippen LogP contribution in [0.4, 0.5) is 17.6 Å². The smallest absolute Gasteiger partial charge is 0.310 e. The Morgan fingerprint density at radius 2 is 2.05 bits per heavy atom. The van der Waals surface area contributed by atoms with Crippen LogP contribution in [-0.4, -0.2) is 17.5 Å². The van der Waals surface area contributed by atoms with Crippen molar-refractivity contribution in [3.63, 3.8) is 0 Å². The van der Waals surface area contributed by atoms with E-state index >= 15 is 0 Å². The van der Waals surface area contributed by atoms with E-state index in [9.17, 15) is 17.6 Å². The van der Waals surface area contributed by atoms with Gasteiger partial charge < -0.3 is 5.32 Å². The van der Waals surface area contributed by atoms with Crippen molar-refractivity contribution in [1.82, 2.24) is 5.32 Å². The van der Waals surface area contributed by atoms with Crippen LogP contribution in [0.25, 0.3) is 0 Å². The van der Waals surface area contributed by atoms with Gasteiger partial charge in [0.15, 0.2) is 0 Å². The van der Waals surface area contributed by atoms with Crippen LogP contribution in [0.3, 0.4) is 0 Å². The van der Waals surface area contributed by atoms with Crippen LogP contribution in [0.5, 0.6) is 0 Å². The Morgan fingerprint density at radius 1 is 1.30 bits per heavy atom. The molecule has 1 aliphatic carbocycles. The summed E-state index contributed by atoms with van der Waals surface area (Å²) in [5.74, 6) is -0.857. The average Bonchev–Trinajstić information content (AvgIpc) is 2.84. The van der Waals surface area contributed by atoms with Crippen molar-refractivity contribution >= 4 is 11.8 Å². The van der Waals surface area contributed by atoms with Gasteiger partial charge in [-0.05, 0) is 43.2 Å². The van der Waals surface area contributed by atoms with Crippen LogP contribution in [0.15, 0.2) is 18.2 Å². The number of benzene rings is 1. The van der Waals surface area contributed by atoms with Crippen molar-refractivity contribution in [2.24, 2.45) is 0 Å². The second-order valence-corrected chi connectivity index (χ2v) is 6.19. The third kappa shape index (κ3) is 3.88. The van der Waals surface area contributed by atoms with Crippen LogP contribution in [0, 0.1) is 5.82 Å². The summed E-state index contributed by atoms with van der Waals surface area (Å²) in [5, 5.41) is 3.74. The summed E-state index contributed by atoms with van der Waals surface area (Å²) in [6.07, 6.45) is 0.581. The quantitative estimate of drug-likeness (QED) is 0.836. The van der Waals surface area contributed by atoms with E-state index in [1.165, 1.54) is 6.07 Å². The second kappa shape index (κ2) is 6.35. The van der Waals surface area contributed by atoms with Crippen molar-refractivity contribution in [3.8, 4) is 0 Å². The Balaban J connectivity index is 2.03. The first kappa shape index (κ1) is 15.6. The molecular formula is C14H17F4NS. The molecule has 0 amide bonds. The summed E-state index contributed by atoms with van der Waals surface area (Å²) >= 11 is 1.80. The molecule has 0 heterocycles. The van der Waals surface area contributed by atoms with Gasteiger partial charge in [0.2, 0.25) is 0 Å². The highest BCUT2D eigenvalue weighted by atomic mass is 32.2. The van der Waals surface area contributed by atoms with Gasteiger partial charge in [0.05, 0.1) is 5.56 Å². The van der Waals surface area contributed by atoms with Crippen molar-refractivity contribution in [2.75, 3.05) is 6.26 Å². The van der Waals surface area contributed by atoms with E-state index in [0.29, 0.717) is 11.3 Å². The van der Waals surface area contributed by atoms with E-state index < -0.39 is 17.6 Å². The molecule has 6 heteroatoms. The van der Waals surface area contributed by atoms with Gasteiger partial charge in [-0.3, -0.25) is 0 Å². The Bertz CT molecular complexity index is 461. The number of nitrogens with one attached hydrogen (secondary N) is 1. The lowest BCUT2D eigenvalue weighted by Gasteiger charge is -2.16. The molecule has 0 radical (unpaired) electrons. The molecule has 0 saturated heterocycles. The molecule has 0 spiro atoms. The summed E-state index contributed by atoms with van der Waals surface area (Å²) in [5.41, 5.74) is -0.782. The molecule has 1 aromatic carbocycles. The molecule has 1 saturated carbocycles. The monoisotopic (exact) mass is 307 g/mol.